The monoisotopic (exact) mass is 345 g/mol. The summed E-state index contributed by atoms with van der Waals surface area (Å²) in [5, 5.41) is 12.9. The van der Waals surface area contributed by atoms with Crippen molar-refractivity contribution in [1.29, 1.82) is 0 Å². The molecule has 5 rings (SSSR count). The van der Waals surface area contributed by atoms with Gasteiger partial charge in [-0.2, -0.15) is 4.52 Å². The maximum absolute atomic E-state index is 4.76. The zero-order valence-corrected chi connectivity index (χ0v) is 14.8. The maximum atomic E-state index is 4.76. The number of aryl methyl sites for hydroxylation is 1. The van der Waals surface area contributed by atoms with Gasteiger partial charge in [-0.15, -0.1) is 15.3 Å². The fourth-order valence-electron chi connectivity index (χ4n) is 3.63. The summed E-state index contributed by atoms with van der Waals surface area (Å²) in [6, 6.07) is 4.32. The lowest BCUT2D eigenvalue weighted by atomic mass is 10.0. The van der Waals surface area contributed by atoms with Crippen LogP contribution in [0, 0.1) is 13.8 Å². The van der Waals surface area contributed by atoms with E-state index in [0.29, 0.717) is 0 Å². The smallest absolute Gasteiger partial charge is 0.180 e. The van der Waals surface area contributed by atoms with E-state index >= 15 is 0 Å². The maximum Gasteiger partial charge on any atom is 0.180 e. The lowest BCUT2D eigenvalue weighted by Gasteiger charge is -2.30. The molecule has 0 saturated heterocycles. The third kappa shape index (κ3) is 2.28. The molecule has 0 amide bonds. The lowest BCUT2D eigenvalue weighted by molar-refractivity contribution is 0.688. The third-order valence-electron chi connectivity index (χ3n) is 5.24. The van der Waals surface area contributed by atoms with Gasteiger partial charge in [-0.3, -0.25) is 4.98 Å². The first kappa shape index (κ1) is 15.1. The SMILES string of the molecule is Cc1c(N2CCc3ncc(-c4cc[nH]c4)cc3C2)nn2cnnc2c1C. The highest BCUT2D eigenvalue weighted by Gasteiger charge is 2.22. The first-order chi connectivity index (χ1) is 12.7. The Morgan fingerprint density at radius 2 is 2.08 bits per heavy atom. The van der Waals surface area contributed by atoms with E-state index < -0.39 is 0 Å². The molecule has 7 heteroatoms. The summed E-state index contributed by atoms with van der Waals surface area (Å²) < 4.78 is 1.77. The van der Waals surface area contributed by atoms with Crippen molar-refractivity contribution in [2.45, 2.75) is 26.8 Å². The van der Waals surface area contributed by atoms with Crippen LogP contribution in [-0.2, 0) is 13.0 Å². The van der Waals surface area contributed by atoms with Crippen molar-refractivity contribution in [3.05, 3.63) is 59.4 Å². The fraction of sp³-hybridized carbons (Fsp3) is 0.263. The number of aromatic amines is 1. The van der Waals surface area contributed by atoms with Gasteiger partial charge >= 0.3 is 0 Å². The number of H-pyrrole nitrogens is 1. The summed E-state index contributed by atoms with van der Waals surface area (Å²) >= 11 is 0. The Hall–Kier alpha value is -3.22. The molecule has 1 N–H and O–H groups in total. The van der Waals surface area contributed by atoms with E-state index in [-0.39, 0.29) is 0 Å². The Kier molecular flexibility index (Phi) is 3.28. The quantitative estimate of drug-likeness (QED) is 0.604. The Morgan fingerprint density at radius 1 is 1.15 bits per heavy atom. The Balaban J connectivity index is 1.54. The molecule has 1 aliphatic rings. The molecule has 5 heterocycles. The largest absolute Gasteiger partial charge is 0.367 e. The Bertz CT molecular complexity index is 1090. The van der Waals surface area contributed by atoms with Crippen LogP contribution in [0.1, 0.15) is 22.4 Å². The van der Waals surface area contributed by atoms with E-state index in [9.17, 15) is 0 Å². The highest BCUT2D eigenvalue weighted by Crippen LogP contribution is 2.29. The molecule has 0 radical (unpaired) electrons. The number of pyridine rings is 1. The predicted octanol–water partition coefficient (Wildman–Crippen LogP) is 2.69. The molecule has 0 unspecified atom stereocenters. The highest BCUT2D eigenvalue weighted by molar-refractivity contribution is 5.64. The number of anilines is 1. The summed E-state index contributed by atoms with van der Waals surface area (Å²) in [4.78, 5) is 10.1. The first-order valence-electron chi connectivity index (χ1n) is 8.74. The average molecular weight is 345 g/mol. The van der Waals surface area contributed by atoms with E-state index in [4.69, 9.17) is 10.1 Å². The minimum Gasteiger partial charge on any atom is -0.367 e. The van der Waals surface area contributed by atoms with Crippen LogP contribution in [0.25, 0.3) is 16.8 Å². The normalized spacial score (nSPS) is 14.0. The summed E-state index contributed by atoms with van der Waals surface area (Å²) in [5.74, 6) is 0.993. The van der Waals surface area contributed by atoms with Crippen LogP contribution in [0.3, 0.4) is 0 Å². The average Bonchev–Trinajstić information content (AvgIpc) is 3.35. The minimum absolute atomic E-state index is 0.807. The van der Waals surface area contributed by atoms with Gasteiger partial charge in [-0.05, 0) is 31.5 Å². The first-order valence-corrected chi connectivity index (χ1v) is 8.74. The number of rotatable bonds is 2. The van der Waals surface area contributed by atoms with Crippen LogP contribution in [0.5, 0.6) is 0 Å². The zero-order valence-electron chi connectivity index (χ0n) is 14.8. The van der Waals surface area contributed by atoms with Crippen molar-refractivity contribution in [3.63, 3.8) is 0 Å². The molecule has 0 saturated carbocycles. The second kappa shape index (κ2) is 5.66. The molecule has 1 aliphatic heterocycles. The number of nitrogens with zero attached hydrogens (tertiary/aromatic N) is 6. The molecular weight excluding hydrogens is 326 g/mol. The molecule has 130 valence electrons. The molecule has 0 spiro atoms. The number of nitrogens with one attached hydrogen (secondary N) is 1. The van der Waals surface area contributed by atoms with Crippen molar-refractivity contribution in [2.24, 2.45) is 0 Å². The number of aromatic nitrogens is 6. The summed E-state index contributed by atoms with van der Waals surface area (Å²) in [6.07, 6.45) is 8.48. The van der Waals surface area contributed by atoms with Crippen LogP contribution in [0.2, 0.25) is 0 Å². The van der Waals surface area contributed by atoms with E-state index in [1.54, 1.807) is 10.8 Å². The van der Waals surface area contributed by atoms with Gasteiger partial charge in [0, 0.05) is 66.0 Å². The molecule has 4 aromatic rings. The third-order valence-corrected chi connectivity index (χ3v) is 5.24. The van der Waals surface area contributed by atoms with Gasteiger partial charge < -0.3 is 9.88 Å². The lowest BCUT2D eigenvalue weighted by Crippen LogP contribution is -2.32. The van der Waals surface area contributed by atoms with E-state index in [2.05, 4.69) is 46.1 Å². The van der Waals surface area contributed by atoms with Gasteiger partial charge in [-0.1, -0.05) is 0 Å². The van der Waals surface area contributed by atoms with Crippen molar-refractivity contribution in [3.8, 4) is 11.1 Å². The molecule has 0 atom stereocenters. The van der Waals surface area contributed by atoms with Gasteiger partial charge in [-0.25, -0.2) is 0 Å². The topological polar surface area (TPSA) is 75.0 Å². The van der Waals surface area contributed by atoms with E-state index in [1.165, 1.54) is 11.3 Å². The molecule has 0 fully saturated rings. The van der Waals surface area contributed by atoms with Gasteiger partial charge in [0.25, 0.3) is 0 Å². The van der Waals surface area contributed by atoms with E-state index in [0.717, 1.165) is 53.2 Å². The second-order valence-corrected chi connectivity index (χ2v) is 6.77. The van der Waals surface area contributed by atoms with Crippen LogP contribution in [0.15, 0.2) is 37.1 Å². The van der Waals surface area contributed by atoms with Crippen LogP contribution in [-0.4, -0.2) is 36.3 Å². The Morgan fingerprint density at radius 3 is 2.92 bits per heavy atom. The minimum atomic E-state index is 0.807. The molecule has 4 aromatic heterocycles. The number of hydrogen-bond donors (Lipinski definition) is 1. The summed E-state index contributed by atoms with van der Waals surface area (Å²) in [7, 11) is 0. The Labute approximate surface area is 150 Å². The molecule has 0 aliphatic carbocycles. The van der Waals surface area contributed by atoms with Crippen molar-refractivity contribution < 1.29 is 0 Å². The van der Waals surface area contributed by atoms with Crippen LogP contribution in [0.4, 0.5) is 5.82 Å². The van der Waals surface area contributed by atoms with Gasteiger partial charge in [0.15, 0.2) is 11.5 Å². The van der Waals surface area contributed by atoms with E-state index in [1.807, 2.05) is 18.6 Å². The number of hydrogen-bond acceptors (Lipinski definition) is 5. The van der Waals surface area contributed by atoms with Gasteiger partial charge in [0.2, 0.25) is 0 Å². The van der Waals surface area contributed by atoms with Crippen LogP contribution >= 0.6 is 0 Å². The standard InChI is InChI=1S/C19H19N7/c1-12-13(2)19(24-26-11-22-23-18(12)26)25-6-4-17-16(10-25)7-15(9-21-17)14-3-5-20-8-14/h3,5,7-9,11,20H,4,6,10H2,1-2H3. The summed E-state index contributed by atoms with van der Waals surface area (Å²) in [5.41, 5.74) is 7.84. The molecule has 7 nitrogen and oxygen atoms in total. The number of fused-ring (bicyclic) bond motifs is 2. The van der Waals surface area contributed by atoms with Gasteiger partial charge in [0.05, 0.1) is 0 Å². The second-order valence-electron chi connectivity index (χ2n) is 6.77. The van der Waals surface area contributed by atoms with Crippen LogP contribution < -0.4 is 4.90 Å². The van der Waals surface area contributed by atoms with Crippen molar-refractivity contribution in [1.82, 2.24) is 29.8 Å². The van der Waals surface area contributed by atoms with Crippen molar-refractivity contribution in [2.75, 3.05) is 11.4 Å². The molecule has 0 bridgehead atoms. The predicted molar refractivity (Wildman–Crippen MR) is 99.0 cm³/mol. The fourth-order valence-corrected chi connectivity index (χ4v) is 3.63. The molecular formula is C19H19N7. The molecule has 0 aromatic carbocycles. The van der Waals surface area contributed by atoms with Gasteiger partial charge in [0.1, 0.15) is 6.33 Å². The summed E-state index contributed by atoms with van der Waals surface area (Å²) in [6.45, 7) is 5.90. The van der Waals surface area contributed by atoms with Crippen molar-refractivity contribution >= 4 is 11.5 Å². The molecule has 26 heavy (non-hydrogen) atoms. The zero-order chi connectivity index (χ0) is 17.7. The highest BCUT2D eigenvalue weighted by atomic mass is 15.4.